The van der Waals surface area contributed by atoms with Gasteiger partial charge in [-0.25, -0.2) is 4.79 Å². The third-order valence-electron chi connectivity index (χ3n) is 3.28. The normalized spacial score (nSPS) is 12.8. The number of hydrogen-bond donors (Lipinski definition) is 2. The summed E-state index contributed by atoms with van der Waals surface area (Å²) in [5, 5.41) is 2.68. The molecule has 0 aromatic heterocycles. The van der Waals surface area contributed by atoms with Gasteiger partial charge in [0.05, 0.1) is 5.56 Å². The van der Waals surface area contributed by atoms with Crippen LogP contribution in [0.1, 0.15) is 64.7 Å². The Balaban J connectivity index is 2.92. The molecule has 0 fully saturated rings. The van der Waals surface area contributed by atoms with Crippen molar-refractivity contribution in [2.45, 2.75) is 76.5 Å². The van der Waals surface area contributed by atoms with E-state index in [2.05, 4.69) is 17.0 Å². The van der Waals surface area contributed by atoms with E-state index in [0.29, 0.717) is 10.5 Å². The fourth-order valence-electron chi connectivity index (χ4n) is 2.25. The first-order valence-corrected chi connectivity index (χ1v) is 10.9. The lowest BCUT2D eigenvalue weighted by Gasteiger charge is -2.25. The number of rotatable bonds is 7. The number of hydrogen-bond acceptors (Lipinski definition) is 7. The minimum absolute atomic E-state index is 0.0234. The summed E-state index contributed by atoms with van der Waals surface area (Å²) < 4.78 is 10.7. The Morgan fingerprint density at radius 3 is 2.14 bits per heavy atom. The van der Waals surface area contributed by atoms with Gasteiger partial charge in [0, 0.05) is 11.3 Å². The summed E-state index contributed by atoms with van der Waals surface area (Å²) in [6.07, 6.45) is 0.0518. The van der Waals surface area contributed by atoms with Gasteiger partial charge in [0.15, 0.2) is 0 Å². The molecule has 1 atom stereocenters. The van der Waals surface area contributed by atoms with Crippen molar-refractivity contribution in [2.75, 3.05) is 0 Å². The summed E-state index contributed by atoms with van der Waals surface area (Å²) in [6.45, 7) is 10.5. The lowest BCUT2D eigenvalue weighted by molar-refractivity contribution is -0.158. The number of nitrogens with one attached hydrogen (secondary N) is 1. The standard InChI is InChI=1S/C20H29NO5S2/c1-19(2,3)25-16(22)12-11-14(18(24)26-20(4,5)6)21-17(23)13-9-7-8-10-15(13)28-27/h7-10,14,27H,11-12H2,1-6H3,(H,21,23). The minimum atomic E-state index is -0.975. The smallest absolute Gasteiger partial charge is 0.329 e. The van der Waals surface area contributed by atoms with E-state index in [4.69, 9.17) is 9.47 Å². The molecule has 0 saturated carbocycles. The molecule has 0 aliphatic rings. The van der Waals surface area contributed by atoms with Crippen LogP contribution in [0.25, 0.3) is 0 Å². The van der Waals surface area contributed by atoms with E-state index in [1.807, 2.05) is 0 Å². The van der Waals surface area contributed by atoms with Gasteiger partial charge in [0.25, 0.3) is 5.91 Å². The monoisotopic (exact) mass is 427 g/mol. The number of ether oxygens (including phenoxy) is 2. The highest BCUT2D eigenvalue weighted by atomic mass is 33.1. The number of amides is 1. The molecule has 1 N–H and O–H groups in total. The van der Waals surface area contributed by atoms with Gasteiger partial charge in [0.2, 0.25) is 0 Å². The number of thiol groups is 1. The summed E-state index contributed by atoms with van der Waals surface area (Å²) in [6, 6.07) is 5.95. The van der Waals surface area contributed by atoms with Gasteiger partial charge in [0.1, 0.15) is 17.2 Å². The Morgan fingerprint density at radius 1 is 1.04 bits per heavy atom. The van der Waals surface area contributed by atoms with E-state index in [9.17, 15) is 14.4 Å². The van der Waals surface area contributed by atoms with Crippen LogP contribution >= 0.6 is 22.5 Å². The largest absolute Gasteiger partial charge is 0.460 e. The van der Waals surface area contributed by atoms with Crippen LogP contribution in [0.4, 0.5) is 0 Å². The number of esters is 2. The van der Waals surface area contributed by atoms with Gasteiger partial charge >= 0.3 is 11.9 Å². The number of carbonyl (C=O) groups is 3. The lowest BCUT2D eigenvalue weighted by Crippen LogP contribution is -2.44. The van der Waals surface area contributed by atoms with Crippen molar-refractivity contribution < 1.29 is 23.9 Å². The van der Waals surface area contributed by atoms with Crippen molar-refractivity contribution in [3.63, 3.8) is 0 Å². The molecule has 0 aliphatic carbocycles. The van der Waals surface area contributed by atoms with Crippen LogP contribution in [0, 0.1) is 0 Å². The first kappa shape index (κ1) is 24.4. The van der Waals surface area contributed by atoms with Crippen LogP contribution in [0.3, 0.4) is 0 Å². The summed E-state index contributed by atoms with van der Waals surface area (Å²) >= 11 is 4.15. The van der Waals surface area contributed by atoms with E-state index in [1.54, 1.807) is 65.8 Å². The summed E-state index contributed by atoms with van der Waals surface area (Å²) in [5.41, 5.74) is -0.941. The van der Waals surface area contributed by atoms with Crippen LogP contribution < -0.4 is 5.32 Å². The van der Waals surface area contributed by atoms with Crippen LogP contribution in [0.5, 0.6) is 0 Å². The highest BCUT2D eigenvalue weighted by Gasteiger charge is 2.29. The van der Waals surface area contributed by atoms with E-state index < -0.39 is 35.1 Å². The zero-order valence-corrected chi connectivity index (χ0v) is 18.9. The molecule has 6 nitrogen and oxygen atoms in total. The van der Waals surface area contributed by atoms with Gasteiger partial charge in [-0.05, 0) is 60.1 Å². The quantitative estimate of drug-likeness (QED) is 0.386. The summed E-state index contributed by atoms with van der Waals surface area (Å²) in [4.78, 5) is 38.0. The Hall–Kier alpha value is -1.67. The minimum Gasteiger partial charge on any atom is -0.460 e. The molecule has 1 aromatic carbocycles. The SMILES string of the molecule is CC(C)(C)OC(=O)CCC(NC(=O)c1ccccc1SS)C(=O)OC(C)(C)C. The third kappa shape index (κ3) is 9.01. The highest BCUT2D eigenvalue weighted by molar-refractivity contribution is 8.68. The van der Waals surface area contributed by atoms with E-state index in [1.165, 1.54) is 0 Å². The van der Waals surface area contributed by atoms with Crippen LogP contribution in [-0.4, -0.2) is 35.1 Å². The van der Waals surface area contributed by atoms with Crippen molar-refractivity contribution in [3.05, 3.63) is 29.8 Å². The van der Waals surface area contributed by atoms with Crippen molar-refractivity contribution >= 4 is 40.3 Å². The second-order valence-electron chi connectivity index (χ2n) is 8.27. The Labute approximate surface area is 175 Å². The molecule has 8 heteroatoms. The molecule has 0 bridgehead atoms. The van der Waals surface area contributed by atoms with Gasteiger partial charge < -0.3 is 14.8 Å². The average Bonchev–Trinajstić information content (AvgIpc) is 2.55. The predicted molar refractivity (Wildman–Crippen MR) is 113 cm³/mol. The maximum absolute atomic E-state index is 12.7. The zero-order chi connectivity index (χ0) is 21.5. The van der Waals surface area contributed by atoms with Gasteiger partial charge in [-0.1, -0.05) is 22.9 Å². The molecule has 0 saturated heterocycles. The summed E-state index contributed by atoms with van der Waals surface area (Å²) in [5.74, 6) is -1.47. The van der Waals surface area contributed by atoms with E-state index >= 15 is 0 Å². The molecule has 0 radical (unpaired) electrons. The van der Waals surface area contributed by atoms with E-state index in [0.717, 1.165) is 10.8 Å². The first-order valence-electron chi connectivity index (χ1n) is 8.98. The van der Waals surface area contributed by atoms with Crippen molar-refractivity contribution in [1.82, 2.24) is 5.32 Å². The molecule has 1 aromatic rings. The van der Waals surface area contributed by atoms with Crippen molar-refractivity contribution in [2.24, 2.45) is 0 Å². The number of benzene rings is 1. The molecule has 1 amide bonds. The molecule has 0 heterocycles. The van der Waals surface area contributed by atoms with Gasteiger partial charge in [-0.15, -0.1) is 11.7 Å². The molecular formula is C20H29NO5S2. The molecule has 1 unspecified atom stereocenters. The number of carbonyl (C=O) groups excluding carboxylic acids is 3. The van der Waals surface area contributed by atoms with Crippen molar-refractivity contribution in [1.29, 1.82) is 0 Å². The maximum Gasteiger partial charge on any atom is 0.329 e. The second kappa shape index (κ2) is 10.2. The molecule has 0 spiro atoms. The topological polar surface area (TPSA) is 81.7 Å². The van der Waals surface area contributed by atoms with Gasteiger partial charge in [-0.3, -0.25) is 9.59 Å². The molecule has 28 heavy (non-hydrogen) atoms. The fraction of sp³-hybridized carbons (Fsp3) is 0.550. The average molecular weight is 428 g/mol. The third-order valence-corrected chi connectivity index (χ3v) is 4.43. The molecule has 0 aliphatic heterocycles. The Morgan fingerprint density at radius 2 is 1.61 bits per heavy atom. The fourth-order valence-corrected chi connectivity index (χ4v) is 3.12. The Kier molecular flexibility index (Phi) is 8.88. The lowest BCUT2D eigenvalue weighted by atomic mass is 10.1. The predicted octanol–water partition coefficient (Wildman–Crippen LogP) is 4.19. The molecule has 156 valence electrons. The van der Waals surface area contributed by atoms with E-state index in [-0.39, 0.29) is 12.8 Å². The van der Waals surface area contributed by atoms with Crippen LogP contribution in [-0.2, 0) is 19.1 Å². The van der Waals surface area contributed by atoms with Gasteiger partial charge in [-0.2, -0.15) is 0 Å². The molecular weight excluding hydrogens is 398 g/mol. The van der Waals surface area contributed by atoms with Crippen LogP contribution in [0.15, 0.2) is 29.2 Å². The van der Waals surface area contributed by atoms with Crippen molar-refractivity contribution in [3.8, 4) is 0 Å². The molecule has 1 rings (SSSR count). The van der Waals surface area contributed by atoms with Crippen LogP contribution in [0.2, 0.25) is 0 Å². The second-order valence-corrected chi connectivity index (χ2v) is 9.44. The highest BCUT2D eigenvalue weighted by Crippen LogP contribution is 2.25. The summed E-state index contributed by atoms with van der Waals surface area (Å²) in [7, 11) is 1.14. The first-order chi connectivity index (χ1) is 12.8. The zero-order valence-electron chi connectivity index (χ0n) is 17.2. The Bertz CT molecular complexity index is 707. The maximum atomic E-state index is 12.7.